The topological polar surface area (TPSA) is 120 Å². The number of hydrogen-bond donors (Lipinski definition) is 2. The van der Waals surface area contributed by atoms with Crippen LogP contribution in [0.4, 0.5) is 11.8 Å². The Bertz CT molecular complexity index is 1460. The van der Waals surface area contributed by atoms with Crippen molar-refractivity contribution in [3.63, 3.8) is 0 Å². The number of imidazole rings is 1. The van der Waals surface area contributed by atoms with E-state index in [1.807, 2.05) is 41.4 Å². The van der Waals surface area contributed by atoms with E-state index in [0.717, 1.165) is 24.1 Å². The molecule has 2 N–H and O–H groups in total. The van der Waals surface area contributed by atoms with Gasteiger partial charge in [0.05, 0.1) is 17.4 Å². The number of rotatable bonds is 10. The quantitative estimate of drug-likeness (QED) is 0.315. The minimum Gasteiger partial charge on any atom is -0.456 e. The number of carbonyl (C=O) groups excluding carboxylic acids is 1. The molecule has 0 radical (unpaired) electrons. The monoisotopic (exact) mass is 517 g/mol. The van der Waals surface area contributed by atoms with Gasteiger partial charge in [0.25, 0.3) is 0 Å². The molecule has 1 atom stereocenters. The van der Waals surface area contributed by atoms with Crippen LogP contribution < -0.4 is 10.1 Å². The highest BCUT2D eigenvalue weighted by molar-refractivity contribution is 5.85. The van der Waals surface area contributed by atoms with Gasteiger partial charge in [0, 0.05) is 68.0 Å². The number of nitrogens with one attached hydrogen (secondary N) is 1. The smallest absolute Gasteiger partial charge is 0.210 e. The largest absolute Gasteiger partial charge is 0.456 e. The Labute approximate surface area is 222 Å². The first kappa shape index (κ1) is 25.8. The van der Waals surface area contributed by atoms with E-state index in [2.05, 4.69) is 41.0 Å². The molecule has 0 aromatic carbocycles. The maximum Gasteiger partial charge on any atom is 0.210 e. The van der Waals surface area contributed by atoms with Crippen molar-refractivity contribution in [3.05, 3.63) is 48.0 Å². The molecule has 4 aromatic rings. The maximum atomic E-state index is 12.2. The van der Waals surface area contributed by atoms with Crippen molar-refractivity contribution in [2.75, 3.05) is 11.9 Å². The van der Waals surface area contributed by atoms with Crippen LogP contribution in [0.25, 0.3) is 11.2 Å². The van der Waals surface area contributed by atoms with E-state index >= 15 is 0 Å². The summed E-state index contributed by atoms with van der Waals surface area (Å²) in [5.41, 5.74) is 3.05. The number of nitrogens with zero attached hydrogens (tertiary/aromatic N) is 6. The molecule has 1 aliphatic carbocycles. The van der Waals surface area contributed by atoms with Gasteiger partial charge in [0.1, 0.15) is 17.3 Å². The summed E-state index contributed by atoms with van der Waals surface area (Å²) in [5, 5.41) is 17.6. The first-order valence-electron chi connectivity index (χ1n) is 13.0. The molecule has 5 rings (SSSR count). The summed E-state index contributed by atoms with van der Waals surface area (Å²) in [4.78, 5) is 25.6. The second kappa shape index (κ2) is 10.2. The third-order valence-corrected chi connectivity index (χ3v) is 6.71. The summed E-state index contributed by atoms with van der Waals surface area (Å²) in [6.45, 7) is 9.16. The van der Waals surface area contributed by atoms with Crippen molar-refractivity contribution >= 4 is 28.7 Å². The van der Waals surface area contributed by atoms with Gasteiger partial charge in [0.15, 0.2) is 11.5 Å². The van der Waals surface area contributed by atoms with Crippen LogP contribution in [0.15, 0.2) is 36.7 Å². The van der Waals surface area contributed by atoms with Gasteiger partial charge in [0.2, 0.25) is 5.95 Å². The van der Waals surface area contributed by atoms with Crippen molar-refractivity contribution in [1.29, 1.82) is 0 Å². The number of Topliss-reactive ketones (excluding diaryl/α,β-unsaturated/α-hetero) is 1. The molecule has 10 nitrogen and oxygen atoms in total. The lowest BCUT2D eigenvalue weighted by atomic mass is 9.92. The molecule has 10 heteroatoms. The number of aryl methyl sites for hydroxylation is 1. The summed E-state index contributed by atoms with van der Waals surface area (Å²) < 4.78 is 9.93. The van der Waals surface area contributed by atoms with Crippen LogP contribution in [0.3, 0.4) is 0 Å². The lowest BCUT2D eigenvalue weighted by molar-refractivity contribution is -0.119. The molecule has 0 bridgehead atoms. The normalized spacial score (nSPS) is 14.6. The number of hydrogen-bond acceptors (Lipinski definition) is 8. The van der Waals surface area contributed by atoms with Crippen molar-refractivity contribution in [1.82, 2.24) is 29.3 Å². The molecule has 1 saturated carbocycles. The Hall–Kier alpha value is -3.79. The molecule has 200 valence electrons. The van der Waals surface area contributed by atoms with Crippen LogP contribution in [-0.4, -0.2) is 46.8 Å². The average molecular weight is 518 g/mol. The Morgan fingerprint density at radius 1 is 1.21 bits per heavy atom. The number of ether oxygens (including phenoxy) is 1. The third-order valence-electron chi connectivity index (χ3n) is 6.71. The summed E-state index contributed by atoms with van der Waals surface area (Å²) in [7, 11) is 1.91. The number of aliphatic hydroxyl groups is 1. The van der Waals surface area contributed by atoms with Crippen molar-refractivity contribution in [2.24, 2.45) is 18.9 Å². The van der Waals surface area contributed by atoms with E-state index in [0.29, 0.717) is 47.6 Å². The van der Waals surface area contributed by atoms with Crippen LogP contribution in [0.1, 0.15) is 51.9 Å². The SMILES string of the molecule is C[C@@H](CO)Cn1nc(Nc2nc3ncc(Oc4ccnc(CC(=O)C5CC5)c4)cc3n2C)cc1C(C)(C)C. The number of ketones is 1. The highest BCUT2D eigenvalue weighted by atomic mass is 16.5. The predicted octanol–water partition coefficient (Wildman–Crippen LogP) is 4.54. The molecule has 0 spiro atoms. The average Bonchev–Trinajstić information content (AvgIpc) is 3.58. The molecule has 0 saturated heterocycles. The fourth-order valence-electron chi connectivity index (χ4n) is 4.39. The van der Waals surface area contributed by atoms with Gasteiger partial charge in [-0.25, -0.2) is 4.98 Å². The van der Waals surface area contributed by atoms with Gasteiger partial charge < -0.3 is 19.7 Å². The Morgan fingerprint density at radius 3 is 2.71 bits per heavy atom. The number of carbonyl (C=O) groups is 1. The second-order valence-electron chi connectivity index (χ2n) is 11.3. The summed E-state index contributed by atoms with van der Waals surface area (Å²) >= 11 is 0. The molecule has 1 aliphatic rings. The number of aliphatic hydroxyl groups excluding tert-OH is 1. The minimum atomic E-state index is -0.111. The lowest BCUT2D eigenvalue weighted by Crippen LogP contribution is -2.21. The molecular weight excluding hydrogens is 482 g/mol. The standard InChI is InChI=1S/C28H35N7O3/c1-17(16-36)15-35-24(28(2,3)4)13-25(33-35)31-27-32-26-22(34(27)5)12-21(14-30-26)38-20-8-9-29-19(10-20)11-23(37)18-6-7-18/h8-10,12-14,17-18,36H,6-7,11,15-16H2,1-5H3,(H,30,31,32,33)/t17-/m1/s1. The highest BCUT2D eigenvalue weighted by Gasteiger charge is 2.29. The van der Waals surface area contributed by atoms with Gasteiger partial charge in [-0.2, -0.15) is 10.1 Å². The highest BCUT2D eigenvalue weighted by Crippen LogP contribution is 2.32. The van der Waals surface area contributed by atoms with Gasteiger partial charge in [-0.3, -0.25) is 14.5 Å². The fraction of sp³-hybridized carbons (Fsp3) is 0.464. The predicted molar refractivity (Wildman–Crippen MR) is 145 cm³/mol. The molecule has 0 amide bonds. The Balaban J connectivity index is 1.35. The summed E-state index contributed by atoms with van der Waals surface area (Å²) in [6, 6.07) is 7.49. The van der Waals surface area contributed by atoms with Crippen LogP contribution in [0.5, 0.6) is 11.5 Å². The fourth-order valence-corrected chi connectivity index (χ4v) is 4.39. The van der Waals surface area contributed by atoms with E-state index in [9.17, 15) is 9.90 Å². The van der Waals surface area contributed by atoms with E-state index in [4.69, 9.17) is 9.84 Å². The van der Waals surface area contributed by atoms with Crippen LogP contribution in [-0.2, 0) is 30.2 Å². The second-order valence-corrected chi connectivity index (χ2v) is 11.3. The molecule has 4 heterocycles. The molecule has 0 aliphatic heterocycles. The zero-order valence-electron chi connectivity index (χ0n) is 22.6. The number of fused-ring (bicyclic) bond motifs is 1. The molecule has 0 unspecified atom stereocenters. The van der Waals surface area contributed by atoms with Gasteiger partial charge in [-0.15, -0.1) is 0 Å². The first-order chi connectivity index (χ1) is 18.1. The van der Waals surface area contributed by atoms with E-state index in [-0.39, 0.29) is 29.6 Å². The van der Waals surface area contributed by atoms with Gasteiger partial charge >= 0.3 is 0 Å². The molecule has 38 heavy (non-hydrogen) atoms. The van der Waals surface area contributed by atoms with Gasteiger partial charge in [-0.05, 0) is 24.8 Å². The summed E-state index contributed by atoms with van der Waals surface area (Å²) in [5.74, 6) is 3.01. The first-order valence-corrected chi connectivity index (χ1v) is 13.0. The zero-order valence-corrected chi connectivity index (χ0v) is 22.6. The van der Waals surface area contributed by atoms with E-state index < -0.39 is 0 Å². The van der Waals surface area contributed by atoms with Crippen LogP contribution in [0.2, 0.25) is 0 Å². The van der Waals surface area contributed by atoms with Crippen molar-refractivity contribution in [2.45, 2.75) is 58.9 Å². The molecular formula is C28H35N7O3. The maximum absolute atomic E-state index is 12.2. The Kier molecular flexibility index (Phi) is 6.92. The Morgan fingerprint density at radius 2 is 2.00 bits per heavy atom. The van der Waals surface area contributed by atoms with Crippen LogP contribution >= 0.6 is 0 Å². The molecule has 1 fully saturated rings. The minimum absolute atomic E-state index is 0.0948. The lowest BCUT2D eigenvalue weighted by Gasteiger charge is -2.21. The summed E-state index contributed by atoms with van der Waals surface area (Å²) in [6.07, 6.45) is 5.61. The van der Waals surface area contributed by atoms with E-state index in [1.54, 1.807) is 18.5 Å². The zero-order chi connectivity index (χ0) is 27.0. The van der Waals surface area contributed by atoms with Crippen molar-refractivity contribution < 1.29 is 14.6 Å². The van der Waals surface area contributed by atoms with Gasteiger partial charge in [-0.1, -0.05) is 27.7 Å². The third kappa shape index (κ3) is 5.70. The number of aromatic nitrogens is 6. The van der Waals surface area contributed by atoms with Crippen molar-refractivity contribution in [3.8, 4) is 11.5 Å². The number of pyridine rings is 2. The van der Waals surface area contributed by atoms with E-state index in [1.165, 1.54) is 0 Å². The number of anilines is 2. The van der Waals surface area contributed by atoms with Crippen LogP contribution in [0, 0.1) is 11.8 Å². The molecule has 4 aromatic heterocycles.